The molecule has 3 rings (SSSR count). The number of benzene rings is 2. The number of methoxy groups -OCH3 is 1. The number of hydrogen-bond donors (Lipinski definition) is 1. The fraction of sp³-hybridized carbons (Fsp3) is 0.158. The second-order valence-electron chi connectivity index (χ2n) is 5.51. The molecule has 146 valence electrons. The van der Waals surface area contributed by atoms with E-state index in [1.807, 2.05) is 24.3 Å². The highest BCUT2D eigenvalue weighted by Crippen LogP contribution is 2.36. The standard InChI is InChI=1S/C19H15Cl2NO4S2/c1-24-14-4-2-3-5-15(14)25-6-7-26-17-12(20)8-11(9-13(17)21)10-16-18(23)22-19(27)28-16/h2-5,8-10H,6-7H2,1H3,(H,22,23,27)/b16-10-. The Morgan fingerprint density at radius 2 is 1.75 bits per heavy atom. The van der Waals surface area contributed by atoms with Crippen LogP contribution in [0.15, 0.2) is 41.3 Å². The quantitative estimate of drug-likeness (QED) is 0.362. The van der Waals surface area contributed by atoms with Crippen LogP contribution >= 0.6 is 47.2 Å². The fourth-order valence-electron chi connectivity index (χ4n) is 2.41. The van der Waals surface area contributed by atoms with E-state index in [1.165, 1.54) is 11.8 Å². The van der Waals surface area contributed by atoms with Gasteiger partial charge in [0.2, 0.25) is 0 Å². The van der Waals surface area contributed by atoms with Crippen LogP contribution in [0, 0.1) is 0 Å². The number of hydrogen-bond acceptors (Lipinski definition) is 6. The maximum Gasteiger partial charge on any atom is 0.263 e. The topological polar surface area (TPSA) is 56.8 Å². The lowest BCUT2D eigenvalue weighted by atomic mass is 10.2. The van der Waals surface area contributed by atoms with Gasteiger partial charge in [0.15, 0.2) is 17.2 Å². The molecule has 5 nitrogen and oxygen atoms in total. The predicted octanol–water partition coefficient (Wildman–Crippen LogP) is 4.95. The van der Waals surface area contributed by atoms with Crippen LogP contribution in [0.3, 0.4) is 0 Å². The highest BCUT2D eigenvalue weighted by atomic mass is 35.5. The van der Waals surface area contributed by atoms with Crippen molar-refractivity contribution in [3.63, 3.8) is 0 Å². The molecule has 0 saturated carbocycles. The molecule has 1 heterocycles. The zero-order valence-electron chi connectivity index (χ0n) is 14.7. The Morgan fingerprint density at radius 3 is 2.36 bits per heavy atom. The summed E-state index contributed by atoms with van der Waals surface area (Å²) in [6.45, 7) is 0.525. The molecule has 0 radical (unpaired) electrons. The van der Waals surface area contributed by atoms with Crippen molar-refractivity contribution < 1.29 is 19.0 Å². The Morgan fingerprint density at radius 1 is 1.11 bits per heavy atom. The number of carbonyl (C=O) groups excluding carboxylic acids is 1. The number of para-hydroxylation sites is 2. The summed E-state index contributed by atoms with van der Waals surface area (Å²) in [6.07, 6.45) is 1.67. The number of thiocarbonyl (C=S) groups is 1. The van der Waals surface area contributed by atoms with Crippen molar-refractivity contribution in [2.75, 3.05) is 20.3 Å². The summed E-state index contributed by atoms with van der Waals surface area (Å²) in [6, 6.07) is 10.7. The van der Waals surface area contributed by atoms with Crippen molar-refractivity contribution in [3.05, 3.63) is 56.9 Å². The van der Waals surface area contributed by atoms with E-state index in [9.17, 15) is 4.79 Å². The SMILES string of the molecule is COc1ccccc1OCCOc1c(Cl)cc(/C=C2\SC(=S)NC2=O)cc1Cl. The maximum absolute atomic E-state index is 11.8. The molecule has 0 bridgehead atoms. The lowest BCUT2D eigenvalue weighted by Gasteiger charge is -2.13. The lowest BCUT2D eigenvalue weighted by Crippen LogP contribution is -2.17. The van der Waals surface area contributed by atoms with Crippen LogP contribution < -0.4 is 19.5 Å². The first-order valence-electron chi connectivity index (χ1n) is 8.10. The molecule has 1 saturated heterocycles. The van der Waals surface area contributed by atoms with Gasteiger partial charge in [-0.15, -0.1) is 0 Å². The molecule has 0 aromatic heterocycles. The second-order valence-corrected chi connectivity index (χ2v) is 8.05. The van der Waals surface area contributed by atoms with Crippen molar-refractivity contribution in [1.82, 2.24) is 5.32 Å². The molecule has 1 aliphatic heterocycles. The Bertz CT molecular complexity index is 926. The monoisotopic (exact) mass is 455 g/mol. The Balaban J connectivity index is 1.63. The van der Waals surface area contributed by atoms with E-state index in [0.29, 0.717) is 42.1 Å². The second kappa shape index (κ2) is 9.52. The van der Waals surface area contributed by atoms with Crippen molar-refractivity contribution in [2.24, 2.45) is 0 Å². The van der Waals surface area contributed by atoms with Crippen molar-refractivity contribution in [3.8, 4) is 17.2 Å². The minimum Gasteiger partial charge on any atom is -0.493 e. The third-order valence-electron chi connectivity index (χ3n) is 3.62. The van der Waals surface area contributed by atoms with Gasteiger partial charge >= 0.3 is 0 Å². The molecule has 1 fully saturated rings. The average Bonchev–Trinajstić information content (AvgIpc) is 2.97. The highest BCUT2D eigenvalue weighted by molar-refractivity contribution is 8.26. The van der Waals surface area contributed by atoms with Gasteiger partial charge in [0.1, 0.15) is 17.5 Å². The smallest absolute Gasteiger partial charge is 0.263 e. The Labute approximate surface area is 181 Å². The van der Waals surface area contributed by atoms with Crippen LogP contribution in [0.5, 0.6) is 17.2 Å². The number of rotatable bonds is 7. The van der Waals surface area contributed by atoms with Gasteiger partial charge in [-0.2, -0.15) is 0 Å². The van der Waals surface area contributed by atoms with Gasteiger partial charge in [-0.25, -0.2) is 0 Å². The zero-order valence-corrected chi connectivity index (χ0v) is 17.8. The van der Waals surface area contributed by atoms with E-state index in [0.717, 1.165) is 0 Å². The molecule has 0 aliphatic carbocycles. The van der Waals surface area contributed by atoms with Gasteiger partial charge in [0.25, 0.3) is 5.91 Å². The summed E-state index contributed by atoms with van der Waals surface area (Å²) < 4.78 is 17.0. The van der Waals surface area contributed by atoms with Crippen LogP contribution in [0.2, 0.25) is 10.0 Å². The third kappa shape index (κ3) is 5.11. The molecule has 1 N–H and O–H groups in total. The van der Waals surface area contributed by atoms with Crippen LogP contribution in [-0.2, 0) is 4.79 Å². The predicted molar refractivity (Wildman–Crippen MR) is 117 cm³/mol. The summed E-state index contributed by atoms with van der Waals surface area (Å²) >= 11 is 18.8. The number of carbonyl (C=O) groups is 1. The first kappa shape index (κ1) is 20.8. The number of thioether (sulfide) groups is 1. The maximum atomic E-state index is 11.8. The zero-order chi connectivity index (χ0) is 20.1. The molecular weight excluding hydrogens is 441 g/mol. The number of halogens is 2. The van der Waals surface area contributed by atoms with E-state index in [4.69, 9.17) is 49.6 Å². The Kier molecular flexibility index (Phi) is 7.07. The first-order chi connectivity index (χ1) is 13.5. The van der Waals surface area contributed by atoms with E-state index < -0.39 is 0 Å². The van der Waals surface area contributed by atoms with Gasteiger partial charge in [0, 0.05) is 0 Å². The van der Waals surface area contributed by atoms with E-state index in [-0.39, 0.29) is 19.1 Å². The molecule has 9 heteroatoms. The number of ether oxygens (including phenoxy) is 3. The molecule has 0 unspecified atom stereocenters. The Hall–Kier alpha value is -1.93. The number of amides is 1. The molecular formula is C19H15Cl2NO4S2. The fourth-order valence-corrected chi connectivity index (χ4v) is 4.06. The van der Waals surface area contributed by atoms with Gasteiger partial charge in [-0.1, -0.05) is 59.3 Å². The minimum absolute atomic E-state index is 0.240. The highest BCUT2D eigenvalue weighted by Gasteiger charge is 2.22. The van der Waals surface area contributed by atoms with Gasteiger partial charge in [-0.3, -0.25) is 4.79 Å². The lowest BCUT2D eigenvalue weighted by molar-refractivity contribution is -0.115. The first-order valence-corrected chi connectivity index (χ1v) is 10.1. The van der Waals surface area contributed by atoms with Gasteiger partial charge in [-0.05, 0) is 35.9 Å². The van der Waals surface area contributed by atoms with Crippen LogP contribution in [0.1, 0.15) is 5.56 Å². The summed E-state index contributed by atoms with van der Waals surface area (Å²) in [5.74, 6) is 1.38. The van der Waals surface area contributed by atoms with Gasteiger partial charge < -0.3 is 19.5 Å². The summed E-state index contributed by atoms with van der Waals surface area (Å²) in [5, 5.41) is 3.23. The van der Waals surface area contributed by atoms with Crippen LogP contribution in [0.25, 0.3) is 6.08 Å². The van der Waals surface area contributed by atoms with Crippen molar-refractivity contribution in [1.29, 1.82) is 0 Å². The van der Waals surface area contributed by atoms with E-state index in [2.05, 4.69) is 5.32 Å². The normalized spacial score (nSPS) is 14.9. The van der Waals surface area contributed by atoms with Crippen molar-refractivity contribution >= 4 is 63.5 Å². The summed E-state index contributed by atoms with van der Waals surface area (Å²) in [4.78, 5) is 12.2. The van der Waals surface area contributed by atoms with Gasteiger partial charge in [0.05, 0.1) is 22.1 Å². The minimum atomic E-state index is -0.240. The third-order valence-corrected chi connectivity index (χ3v) is 5.34. The number of nitrogens with one attached hydrogen (secondary N) is 1. The molecule has 1 aliphatic rings. The summed E-state index contributed by atoms with van der Waals surface area (Å²) in [5.41, 5.74) is 0.676. The summed E-state index contributed by atoms with van der Waals surface area (Å²) in [7, 11) is 1.58. The molecule has 28 heavy (non-hydrogen) atoms. The molecule has 2 aromatic carbocycles. The molecule has 1 amide bonds. The van der Waals surface area contributed by atoms with E-state index >= 15 is 0 Å². The van der Waals surface area contributed by atoms with E-state index in [1.54, 1.807) is 25.3 Å². The van der Waals surface area contributed by atoms with Crippen molar-refractivity contribution in [2.45, 2.75) is 0 Å². The average molecular weight is 456 g/mol. The molecule has 0 atom stereocenters. The van der Waals surface area contributed by atoms with Crippen LogP contribution in [-0.4, -0.2) is 30.6 Å². The molecule has 0 spiro atoms. The largest absolute Gasteiger partial charge is 0.493 e. The van der Waals surface area contributed by atoms with Crippen LogP contribution in [0.4, 0.5) is 0 Å². The molecule has 2 aromatic rings.